The molecule has 0 N–H and O–H groups in total. The molecule has 0 saturated heterocycles. The second kappa shape index (κ2) is 62.7. The van der Waals surface area contributed by atoms with Crippen LogP contribution in [0.4, 0.5) is 0 Å². The second-order valence-electron chi connectivity index (χ2n) is 20.8. The van der Waals surface area contributed by atoms with Crippen molar-refractivity contribution in [1.29, 1.82) is 0 Å². The van der Waals surface area contributed by atoms with Crippen molar-refractivity contribution in [3.63, 3.8) is 0 Å². The van der Waals surface area contributed by atoms with Crippen LogP contribution in [0.2, 0.25) is 0 Å². The number of hydrogen-bond acceptors (Lipinski definition) is 27. The van der Waals surface area contributed by atoms with Gasteiger partial charge in [0, 0.05) is 35.1 Å². The molecule has 0 bridgehead atoms. The SMILES string of the molecule is COCCOCCOCCOCCOCCOCCOCCOCCOCCOCCOCc1c(-c2c(OC)cccc2OC(C)C)sc(-c2c(OC)cccc2OC(C)C)c1COCCOCCOCCOCCOCCOCCOCCOCCOCCOCCOC. The van der Waals surface area contributed by atoms with E-state index in [1.807, 2.05) is 64.1 Å². The monoisotopic (exact) mass is 1380 g/mol. The first kappa shape index (κ1) is 85.7. The van der Waals surface area contributed by atoms with E-state index in [0.717, 1.165) is 32.0 Å². The van der Waals surface area contributed by atoms with Crippen LogP contribution >= 0.6 is 11.3 Å². The Morgan fingerprint density at radius 1 is 0.242 bits per heavy atom. The van der Waals surface area contributed by atoms with Crippen molar-refractivity contribution in [3.05, 3.63) is 47.5 Å². The van der Waals surface area contributed by atoms with Gasteiger partial charge in [-0.25, -0.2) is 0 Å². The predicted molar refractivity (Wildman–Crippen MR) is 358 cm³/mol. The highest BCUT2D eigenvalue weighted by atomic mass is 32.1. The van der Waals surface area contributed by atoms with Gasteiger partial charge in [0.25, 0.3) is 0 Å². The molecule has 26 nitrogen and oxygen atoms in total. The molecule has 0 aliphatic rings. The lowest BCUT2D eigenvalue weighted by Gasteiger charge is -2.18. The maximum absolute atomic E-state index is 6.46. The van der Waals surface area contributed by atoms with Crippen LogP contribution in [0.15, 0.2) is 36.4 Å². The third kappa shape index (κ3) is 44.3. The molecule has 0 unspecified atom stereocenters. The maximum atomic E-state index is 6.46. The van der Waals surface area contributed by atoms with E-state index in [2.05, 4.69) is 0 Å². The summed E-state index contributed by atoms with van der Waals surface area (Å²) in [7, 11) is 6.61. The molecule has 0 aliphatic heterocycles. The van der Waals surface area contributed by atoms with E-state index < -0.39 is 0 Å². The van der Waals surface area contributed by atoms with E-state index in [1.54, 1.807) is 39.8 Å². The van der Waals surface area contributed by atoms with Crippen LogP contribution in [0.1, 0.15) is 38.8 Å². The molecule has 1 aromatic heterocycles. The van der Waals surface area contributed by atoms with Crippen LogP contribution < -0.4 is 18.9 Å². The fourth-order valence-electron chi connectivity index (χ4n) is 8.31. The Labute approximate surface area is 569 Å². The maximum Gasteiger partial charge on any atom is 0.132 e. The second-order valence-corrected chi connectivity index (χ2v) is 21.9. The Bertz CT molecular complexity index is 2030. The van der Waals surface area contributed by atoms with Crippen LogP contribution in [0, 0.1) is 0 Å². The number of methoxy groups -OCH3 is 4. The first-order chi connectivity index (χ1) is 46.9. The zero-order chi connectivity index (χ0) is 68.0. The average Bonchev–Trinajstić information content (AvgIpc) is 1.63. The summed E-state index contributed by atoms with van der Waals surface area (Å²) in [6.45, 7) is 27.2. The summed E-state index contributed by atoms with van der Waals surface area (Å²) in [6, 6.07) is 11.6. The minimum atomic E-state index is -0.109. The van der Waals surface area contributed by atoms with Gasteiger partial charge in [0.1, 0.15) is 23.0 Å². The molecule has 3 aromatic rings. The summed E-state index contributed by atoms with van der Waals surface area (Å²) in [4.78, 5) is 1.80. The highest BCUT2D eigenvalue weighted by Gasteiger charge is 2.29. The molecule has 0 atom stereocenters. The molecule has 0 spiro atoms. The minimum Gasteiger partial charge on any atom is -0.496 e. The predicted octanol–water partition coefficient (Wildman–Crippen LogP) is 7.30. The highest BCUT2D eigenvalue weighted by Crippen LogP contribution is 2.53. The fraction of sp³-hybridized carbons (Fsp3) is 0.765. The summed E-state index contributed by atoms with van der Waals surface area (Å²) < 4.78 is 148. The first-order valence-electron chi connectivity index (χ1n) is 33.2. The molecule has 1 heterocycles. The third-order valence-corrected chi connectivity index (χ3v) is 14.1. The molecular formula is C68H116O26S. The van der Waals surface area contributed by atoms with Gasteiger partial charge in [0.05, 0.1) is 315 Å². The average molecular weight is 1380 g/mol. The van der Waals surface area contributed by atoms with Gasteiger partial charge < -0.3 is 123 Å². The number of benzene rings is 2. The molecule has 0 aliphatic carbocycles. The van der Waals surface area contributed by atoms with E-state index >= 15 is 0 Å². The van der Waals surface area contributed by atoms with Crippen LogP contribution in [-0.2, 0) is 117 Å². The Kier molecular flexibility index (Phi) is 56.5. The largest absolute Gasteiger partial charge is 0.496 e. The van der Waals surface area contributed by atoms with E-state index in [-0.39, 0.29) is 25.4 Å². The molecule has 27 heteroatoms. The van der Waals surface area contributed by atoms with E-state index in [1.165, 1.54) is 0 Å². The number of rotatable bonds is 72. The van der Waals surface area contributed by atoms with Crippen molar-refractivity contribution < 1.29 is 123 Å². The number of thiophene rings is 1. The van der Waals surface area contributed by atoms with Crippen molar-refractivity contribution in [1.82, 2.24) is 0 Å². The van der Waals surface area contributed by atoms with Crippen molar-refractivity contribution in [2.45, 2.75) is 53.1 Å². The van der Waals surface area contributed by atoms with Crippen LogP contribution in [-0.4, -0.2) is 305 Å². The van der Waals surface area contributed by atoms with Gasteiger partial charge in [-0.3, -0.25) is 0 Å². The summed E-state index contributed by atoms with van der Waals surface area (Å²) in [5.41, 5.74) is 3.42. The van der Waals surface area contributed by atoms with Crippen molar-refractivity contribution in [2.24, 2.45) is 0 Å². The number of hydrogen-bond donors (Lipinski definition) is 0. The molecule has 0 radical (unpaired) electrons. The van der Waals surface area contributed by atoms with Gasteiger partial charge in [-0.15, -0.1) is 11.3 Å². The van der Waals surface area contributed by atoms with Gasteiger partial charge in [-0.05, 0) is 52.0 Å². The van der Waals surface area contributed by atoms with E-state index in [4.69, 9.17) is 123 Å². The van der Waals surface area contributed by atoms with Crippen LogP contribution in [0.25, 0.3) is 20.9 Å². The van der Waals surface area contributed by atoms with Gasteiger partial charge in [0.15, 0.2) is 0 Å². The first-order valence-corrected chi connectivity index (χ1v) is 34.0. The summed E-state index contributed by atoms with van der Waals surface area (Å²) in [6.07, 6.45) is -0.219. The minimum absolute atomic E-state index is 0.109. The van der Waals surface area contributed by atoms with Crippen molar-refractivity contribution in [3.8, 4) is 43.9 Å². The molecule has 95 heavy (non-hydrogen) atoms. The molecule has 2 aromatic carbocycles. The summed E-state index contributed by atoms with van der Waals surface area (Å²) >= 11 is 1.58. The molecule has 0 saturated carbocycles. The Balaban J connectivity index is 1.37. The third-order valence-electron chi connectivity index (χ3n) is 12.8. The Morgan fingerprint density at radius 3 is 0.600 bits per heavy atom. The number of ether oxygens (including phenoxy) is 26. The summed E-state index contributed by atoms with van der Waals surface area (Å²) in [5, 5.41) is 0. The fourth-order valence-corrected chi connectivity index (χ4v) is 9.74. The van der Waals surface area contributed by atoms with Gasteiger partial charge in [-0.1, -0.05) is 12.1 Å². The quantitative estimate of drug-likeness (QED) is 0.0504. The van der Waals surface area contributed by atoms with Crippen molar-refractivity contribution in [2.75, 3.05) is 293 Å². The zero-order valence-electron chi connectivity index (χ0n) is 58.3. The van der Waals surface area contributed by atoms with Gasteiger partial charge in [0.2, 0.25) is 0 Å². The zero-order valence-corrected chi connectivity index (χ0v) is 59.2. The highest BCUT2D eigenvalue weighted by molar-refractivity contribution is 7.19. The Hall–Kier alpha value is -3.54. The van der Waals surface area contributed by atoms with Crippen LogP contribution in [0.5, 0.6) is 23.0 Å². The van der Waals surface area contributed by atoms with E-state index in [0.29, 0.717) is 287 Å². The van der Waals surface area contributed by atoms with Crippen LogP contribution in [0.3, 0.4) is 0 Å². The molecule has 3 rings (SSSR count). The topological polar surface area (TPSA) is 240 Å². The lowest BCUT2D eigenvalue weighted by Crippen LogP contribution is -2.15. The van der Waals surface area contributed by atoms with Crippen molar-refractivity contribution >= 4 is 11.3 Å². The van der Waals surface area contributed by atoms with E-state index in [9.17, 15) is 0 Å². The van der Waals surface area contributed by atoms with Gasteiger partial charge >= 0.3 is 0 Å². The molecule has 0 amide bonds. The Morgan fingerprint density at radius 2 is 0.421 bits per heavy atom. The van der Waals surface area contributed by atoms with Gasteiger partial charge in [-0.2, -0.15) is 0 Å². The normalized spacial score (nSPS) is 11.7. The molecular weight excluding hydrogens is 1260 g/mol. The standard InChI is InChI=1S/C68H116O26S/c1-57(2)93-63-13-9-11-61(71-7)65(63)67-59(55-91-53-51-89-49-47-87-45-43-85-41-39-83-37-35-81-33-31-79-29-27-77-25-23-75-21-19-73-17-15-69-5)60(68(95-67)66-62(72-8)12-10-14-64(66)94-58(3)4)56-92-54-52-90-50-48-88-46-44-86-42-40-84-38-36-82-34-32-80-30-28-78-26-24-76-22-20-74-18-16-70-6/h9-14,57-58H,15-56H2,1-8H3. The lowest BCUT2D eigenvalue weighted by atomic mass is 10.00. The summed E-state index contributed by atoms with van der Waals surface area (Å²) in [5.74, 6) is 2.66. The smallest absolute Gasteiger partial charge is 0.132 e. The molecule has 550 valence electrons. The molecule has 0 fully saturated rings. The lowest BCUT2D eigenvalue weighted by molar-refractivity contribution is -0.0275.